The van der Waals surface area contributed by atoms with E-state index in [1.165, 1.54) is 18.3 Å². The van der Waals surface area contributed by atoms with Gasteiger partial charge in [-0.1, -0.05) is 66.7 Å². The van der Waals surface area contributed by atoms with E-state index in [0.717, 1.165) is 28.3 Å². The van der Waals surface area contributed by atoms with E-state index in [2.05, 4.69) is 10.5 Å². The quantitative estimate of drug-likeness (QED) is 0.178. The third kappa shape index (κ3) is 4.61. The minimum Gasteiger partial charge on any atom is -0.267 e. The summed E-state index contributed by atoms with van der Waals surface area (Å²) in [5.41, 5.74) is 4.66. The number of halogens is 3. The zero-order valence-corrected chi connectivity index (χ0v) is 18.3. The lowest BCUT2D eigenvalue weighted by atomic mass is 10.00. The van der Waals surface area contributed by atoms with Crippen molar-refractivity contribution in [3.8, 4) is 11.3 Å². The van der Waals surface area contributed by atoms with Crippen LogP contribution >= 0.6 is 0 Å². The maximum atomic E-state index is 13.0. The Hall–Kier alpha value is -4.52. The maximum Gasteiger partial charge on any atom is 0.416 e. The van der Waals surface area contributed by atoms with Crippen molar-refractivity contribution in [2.45, 2.75) is 6.18 Å². The zero-order valence-electron chi connectivity index (χ0n) is 18.3. The van der Waals surface area contributed by atoms with Crippen molar-refractivity contribution in [3.63, 3.8) is 0 Å². The summed E-state index contributed by atoms with van der Waals surface area (Å²) in [5, 5.41) is 6.82. The smallest absolute Gasteiger partial charge is 0.267 e. The normalized spacial score (nSPS) is 11.9. The highest BCUT2D eigenvalue weighted by Gasteiger charge is 2.30. The van der Waals surface area contributed by atoms with Crippen LogP contribution in [0.3, 0.4) is 0 Å². The van der Waals surface area contributed by atoms with E-state index < -0.39 is 11.7 Å². The van der Waals surface area contributed by atoms with Crippen LogP contribution in [0.15, 0.2) is 102 Å². The minimum absolute atomic E-state index is 0.353. The molecule has 0 aliphatic heterocycles. The van der Waals surface area contributed by atoms with Crippen LogP contribution in [0.2, 0.25) is 0 Å². The summed E-state index contributed by atoms with van der Waals surface area (Å²) in [4.78, 5) is 17.1. The van der Waals surface area contributed by atoms with Crippen LogP contribution in [0.4, 0.5) is 13.2 Å². The molecule has 0 atom stereocenters. The first-order valence-electron chi connectivity index (χ1n) is 10.8. The highest BCUT2D eigenvalue weighted by atomic mass is 19.4. The van der Waals surface area contributed by atoms with Crippen LogP contribution in [-0.2, 0) is 6.18 Å². The fourth-order valence-electron chi connectivity index (χ4n) is 3.89. The number of amides is 1. The number of rotatable bonds is 4. The Morgan fingerprint density at radius 2 is 1.54 bits per heavy atom. The second-order valence-corrected chi connectivity index (χ2v) is 7.92. The summed E-state index contributed by atoms with van der Waals surface area (Å²) in [5.74, 6) is -0.353. The summed E-state index contributed by atoms with van der Waals surface area (Å²) < 4.78 is 39.1. The fourth-order valence-corrected chi connectivity index (χ4v) is 3.89. The molecule has 0 aliphatic rings. The number of alkyl halides is 3. The molecule has 1 heterocycles. The van der Waals surface area contributed by atoms with Gasteiger partial charge in [-0.3, -0.25) is 4.79 Å². The number of hydrazone groups is 1. The second kappa shape index (κ2) is 9.02. The number of aromatic nitrogens is 1. The van der Waals surface area contributed by atoms with Gasteiger partial charge in [-0.25, -0.2) is 10.4 Å². The average Bonchev–Trinajstić information content (AvgIpc) is 2.88. The van der Waals surface area contributed by atoms with Crippen LogP contribution in [0.25, 0.3) is 32.9 Å². The lowest BCUT2D eigenvalue weighted by Gasteiger charge is -2.11. The van der Waals surface area contributed by atoms with Crippen LogP contribution in [-0.4, -0.2) is 17.1 Å². The number of hydrogen-bond acceptors (Lipinski definition) is 3. The van der Waals surface area contributed by atoms with Gasteiger partial charge in [0, 0.05) is 27.5 Å². The summed E-state index contributed by atoms with van der Waals surface area (Å²) in [6.45, 7) is 0. The van der Waals surface area contributed by atoms with Gasteiger partial charge < -0.3 is 0 Å². The number of carbonyl (C=O) groups excluding carboxylic acids is 1. The SMILES string of the molecule is O=C(N/N=C/c1cc(-c2ccc(C(F)(F)F)cc2)nc2c1ccc1ccccc12)c1ccccc1. The number of nitrogens with zero attached hydrogens (tertiary/aromatic N) is 2. The highest BCUT2D eigenvalue weighted by Crippen LogP contribution is 2.33. The van der Waals surface area contributed by atoms with Gasteiger partial charge in [-0.15, -0.1) is 0 Å². The molecule has 5 rings (SSSR count). The van der Waals surface area contributed by atoms with Crippen LogP contribution in [0.5, 0.6) is 0 Å². The Bertz CT molecular complexity index is 1560. The fraction of sp³-hybridized carbons (Fsp3) is 0.0357. The Morgan fingerprint density at radius 1 is 0.829 bits per heavy atom. The molecule has 5 aromatic rings. The van der Waals surface area contributed by atoms with Crippen molar-refractivity contribution in [2.75, 3.05) is 0 Å². The molecule has 0 saturated heterocycles. The van der Waals surface area contributed by atoms with Gasteiger partial charge in [0.25, 0.3) is 5.91 Å². The monoisotopic (exact) mass is 469 g/mol. The Labute approximate surface area is 198 Å². The predicted molar refractivity (Wildman–Crippen MR) is 131 cm³/mol. The van der Waals surface area contributed by atoms with E-state index in [-0.39, 0.29) is 5.91 Å². The molecule has 0 radical (unpaired) electrons. The molecule has 4 nitrogen and oxygen atoms in total. The minimum atomic E-state index is -4.42. The van der Waals surface area contributed by atoms with Crippen molar-refractivity contribution in [1.82, 2.24) is 10.4 Å². The van der Waals surface area contributed by atoms with Gasteiger partial charge in [0.1, 0.15) is 0 Å². The van der Waals surface area contributed by atoms with Gasteiger partial charge >= 0.3 is 6.18 Å². The number of fused-ring (bicyclic) bond motifs is 3. The molecule has 1 amide bonds. The van der Waals surface area contributed by atoms with Crippen molar-refractivity contribution in [1.29, 1.82) is 0 Å². The molecule has 172 valence electrons. The van der Waals surface area contributed by atoms with E-state index in [9.17, 15) is 18.0 Å². The molecule has 0 unspecified atom stereocenters. The number of pyridine rings is 1. The molecular formula is C28H18F3N3O. The topological polar surface area (TPSA) is 54.4 Å². The van der Waals surface area contributed by atoms with E-state index in [4.69, 9.17) is 4.98 Å². The molecule has 0 fully saturated rings. The number of benzene rings is 4. The maximum absolute atomic E-state index is 13.0. The lowest BCUT2D eigenvalue weighted by molar-refractivity contribution is -0.137. The van der Waals surface area contributed by atoms with Gasteiger partial charge in [0.2, 0.25) is 0 Å². The first-order valence-corrected chi connectivity index (χ1v) is 10.8. The van der Waals surface area contributed by atoms with Crippen molar-refractivity contribution < 1.29 is 18.0 Å². The van der Waals surface area contributed by atoms with Crippen LogP contribution < -0.4 is 5.43 Å². The van der Waals surface area contributed by atoms with Crippen LogP contribution in [0, 0.1) is 0 Å². The van der Waals surface area contributed by atoms with E-state index in [1.807, 2.05) is 42.5 Å². The summed E-state index contributed by atoms with van der Waals surface area (Å²) in [6.07, 6.45) is -2.90. The van der Waals surface area contributed by atoms with Crippen LogP contribution in [0.1, 0.15) is 21.5 Å². The molecule has 4 aromatic carbocycles. The Kier molecular flexibility index (Phi) is 5.74. The molecule has 0 bridgehead atoms. The molecule has 0 spiro atoms. The van der Waals surface area contributed by atoms with Crippen molar-refractivity contribution >= 4 is 33.8 Å². The zero-order chi connectivity index (χ0) is 24.4. The first kappa shape index (κ1) is 22.3. The summed E-state index contributed by atoms with van der Waals surface area (Å²) in [7, 11) is 0. The van der Waals surface area contributed by atoms with Gasteiger partial charge in [-0.05, 0) is 35.7 Å². The molecule has 7 heteroatoms. The van der Waals surface area contributed by atoms with E-state index in [0.29, 0.717) is 27.9 Å². The molecule has 1 aromatic heterocycles. The molecule has 1 N–H and O–H groups in total. The number of nitrogens with one attached hydrogen (secondary N) is 1. The number of carbonyl (C=O) groups is 1. The van der Waals surface area contributed by atoms with E-state index >= 15 is 0 Å². The van der Waals surface area contributed by atoms with Crippen molar-refractivity contribution in [3.05, 3.63) is 114 Å². The van der Waals surface area contributed by atoms with Gasteiger partial charge in [-0.2, -0.15) is 18.3 Å². The standard InChI is InChI=1S/C28H18F3N3O/c29-28(30,31)22-13-10-19(11-14-22)25-16-21(17-32-34-27(35)20-7-2-1-3-8-20)24-15-12-18-6-4-5-9-23(18)26(24)33-25/h1-17H,(H,34,35)/b32-17+. The predicted octanol–water partition coefficient (Wildman–Crippen LogP) is 6.84. The first-order chi connectivity index (χ1) is 16.9. The molecular weight excluding hydrogens is 451 g/mol. The lowest BCUT2D eigenvalue weighted by Crippen LogP contribution is -2.17. The second-order valence-electron chi connectivity index (χ2n) is 7.92. The Morgan fingerprint density at radius 3 is 2.29 bits per heavy atom. The Balaban J connectivity index is 1.59. The highest BCUT2D eigenvalue weighted by molar-refractivity contribution is 6.11. The third-order valence-electron chi connectivity index (χ3n) is 5.65. The molecule has 0 aliphatic carbocycles. The summed E-state index contributed by atoms with van der Waals surface area (Å²) in [6, 6.07) is 27.0. The van der Waals surface area contributed by atoms with Gasteiger partial charge in [0.15, 0.2) is 0 Å². The third-order valence-corrected chi connectivity index (χ3v) is 5.65. The van der Waals surface area contributed by atoms with E-state index in [1.54, 1.807) is 30.3 Å². The average molecular weight is 469 g/mol. The molecule has 0 saturated carbocycles. The number of hydrogen-bond donors (Lipinski definition) is 1. The summed E-state index contributed by atoms with van der Waals surface area (Å²) >= 11 is 0. The largest absolute Gasteiger partial charge is 0.416 e. The van der Waals surface area contributed by atoms with Crippen molar-refractivity contribution in [2.24, 2.45) is 5.10 Å². The van der Waals surface area contributed by atoms with Gasteiger partial charge in [0.05, 0.1) is 23.0 Å². The molecule has 35 heavy (non-hydrogen) atoms.